The van der Waals surface area contributed by atoms with E-state index in [1.54, 1.807) is 6.08 Å². The molecule has 0 bridgehead atoms. The number of hydrogen-bond donors (Lipinski definition) is 1. The van der Waals surface area contributed by atoms with E-state index < -0.39 is 6.10 Å². The van der Waals surface area contributed by atoms with E-state index in [4.69, 9.17) is 4.74 Å². The molecule has 4 heteroatoms. The van der Waals surface area contributed by atoms with Crippen LogP contribution in [0.3, 0.4) is 0 Å². The Morgan fingerprint density at radius 3 is 2.55 bits per heavy atom. The molecule has 1 aromatic carbocycles. The smallest absolute Gasteiger partial charge is 0.253 e. The number of benzene rings is 1. The first-order chi connectivity index (χ1) is 10.4. The quantitative estimate of drug-likeness (QED) is 0.909. The molecule has 1 atom stereocenters. The maximum absolute atomic E-state index is 12.4. The first-order valence-electron chi connectivity index (χ1n) is 7.49. The zero-order valence-corrected chi connectivity index (χ0v) is 13.4. The Morgan fingerprint density at radius 2 is 1.95 bits per heavy atom. The van der Waals surface area contributed by atoms with Gasteiger partial charge >= 0.3 is 0 Å². The summed E-state index contributed by atoms with van der Waals surface area (Å²) in [6, 6.07) is 9.70. The van der Waals surface area contributed by atoms with Crippen molar-refractivity contribution in [2.75, 3.05) is 7.11 Å². The molecular formula is C18H23NO3. The number of hydrogen-bond acceptors (Lipinski definition) is 3. The number of amides is 1. The zero-order valence-electron chi connectivity index (χ0n) is 13.4. The second kappa shape index (κ2) is 6.88. The summed E-state index contributed by atoms with van der Waals surface area (Å²) in [5.41, 5.74) is 1.66. The maximum Gasteiger partial charge on any atom is 0.253 e. The molecule has 0 fully saturated rings. The summed E-state index contributed by atoms with van der Waals surface area (Å²) < 4.78 is 5.35. The number of ketones is 1. The molecular weight excluding hydrogens is 278 g/mol. The highest BCUT2D eigenvalue weighted by atomic mass is 16.5. The summed E-state index contributed by atoms with van der Waals surface area (Å²) in [5.74, 6) is -0.146. The lowest BCUT2D eigenvalue weighted by Gasteiger charge is -2.31. The minimum Gasteiger partial charge on any atom is -0.367 e. The van der Waals surface area contributed by atoms with Crippen LogP contribution in [0.5, 0.6) is 0 Å². The van der Waals surface area contributed by atoms with Gasteiger partial charge in [-0.2, -0.15) is 0 Å². The standard InChI is InChI=1S/C18H23NO3/c1-18(2)10-14(9-15(20)11-18)16(22-3)17(21)19-12-13-7-5-4-6-8-13/h4-9,16H,10-12H2,1-3H3,(H,19,21). The van der Waals surface area contributed by atoms with Gasteiger partial charge in [0, 0.05) is 20.1 Å². The van der Waals surface area contributed by atoms with Crippen LogP contribution < -0.4 is 5.32 Å². The molecule has 1 aromatic rings. The van der Waals surface area contributed by atoms with Crippen LogP contribution >= 0.6 is 0 Å². The number of carbonyl (C=O) groups is 2. The summed E-state index contributed by atoms with van der Waals surface area (Å²) in [5, 5.41) is 2.87. The van der Waals surface area contributed by atoms with Crippen LogP contribution in [-0.2, 0) is 20.9 Å². The van der Waals surface area contributed by atoms with Crippen LogP contribution in [-0.4, -0.2) is 24.9 Å². The monoisotopic (exact) mass is 301 g/mol. The van der Waals surface area contributed by atoms with Crippen molar-refractivity contribution in [2.45, 2.75) is 39.3 Å². The van der Waals surface area contributed by atoms with Gasteiger partial charge in [0.2, 0.25) is 0 Å². The molecule has 0 spiro atoms. The topological polar surface area (TPSA) is 55.4 Å². The van der Waals surface area contributed by atoms with Crippen molar-refractivity contribution in [3.63, 3.8) is 0 Å². The van der Waals surface area contributed by atoms with E-state index in [-0.39, 0.29) is 17.1 Å². The molecule has 0 saturated heterocycles. The summed E-state index contributed by atoms with van der Waals surface area (Å²) in [6.45, 7) is 4.52. The van der Waals surface area contributed by atoms with Crippen molar-refractivity contribution in [2.24, 2.45) is 5.41 Å². The molecule has 4 nitrogen and oxygen atoms in total. The summed E-state index contributed by atoms with van der Waals surface area (Å²) in [7, 11) is 1.50. The largest absolute Gasteiger partial charge is 0.367 e. The van der Waals surface area contributed by atoms with Crippen molar-refractivity contribution >= 4 is 11.7 Å². The molecule has 1 amide bonds. The molecule has 1 aliphatic carbocycles. The molecule has 0 radical (unpaired) electrons. The van der Waals surface area contributed by atoms with Crippen LogP contribution in [0.4, 0.5) is 0 Å². The van der Waals surface area contributed by atoms with Crippen molar-refractivity contribution in [3.05, 3.63) is 47.5 Å². The van der Waals surface area contributed by atoms with Crippen molar-refractivity contribution in [1.29, 1.82) is 0 Å². The van der Waals surface area contributed by atoms with Crippen molar-refractivity contribution in [1.82, 2.24) is 5.32 Å². The average Bonchev–Trinajstić information content (AvgIpc) is 2.45. The number of allylic oxidation sites excluding steroid dienone is 1. The highest BCUT2D eigenvalue weighted by Gasteiger charge is 2.33. The molecule has 22 heavy (non-hydrogen) atoms. The van der Waals surface area contributed by atoms with E-state index in [2.05, 4.69) is 5.32 Å². The molecule has 0 aromatic heterocycles. The van der Waals surface area contributed by atoms with Crippen molar-refractivity contribution < 1.29 is 14.3 Å². The van der Waals surface area contributed by atoms with E-state index in [0.717, 1.165) is 11.1 Å². The third kappa shape index (κ3) is 4.28. The van der Waals surface area contributed by atoms with Gasteiger partial charge in [-0.1, -0.05) is 44.2 Å². The van der Waals surface area contributed by atoms with Crippen LogP contribution in [0.15, 0.2) is 42.0 Å². The van der Waals surface area contributed by atoms with Gasteiger partial charge < -0.3 is 10.1 Å². The third-order valence-electron chi connectivity index (χ3n) is 3.80. The number of rotatable bonds is 5. The lowest BCUT2D eigenvalue weighted by atomic mass is 9.75. The third-order valence-corrected chi connectivity index (χ3v) is 3.80. The maximum atomic E-state index is 12.4. The Morgan fingerprint density at radius 1 is 1.27 bits per heavy atom. The SMILES string of the molecule is COC(C(=O)NCc1ccccc1)C1=CC(=O)CC(C)(C)C1. The second-order valence-electron chi connectivity index (χ2n) is 6.52. The molecule has 2 rings (SSSR count). The fraction of sp³-hybridized carbons (Fsp3) is 0.444. The summed E-state index contributed by atoms with van der Waals surface area (Å²) in [4.78, 5) is 24.2. The van der Waals surface area contributed by atoms with E-state index in [0.29, 0.717) is 19.4 Å². The van der Waals surface area contributed by atoms with Gasteiger partial charge in [-0.3, -0.25) is 9.59 Å². The molecule has 118 valence electrons. The van der Waals surface area contributed by atoms with Crippen LogP contribution in [0.1, 0.15) is 32.3 Å². The zero-order chi connectivity index (χ0) is 16.2. The Hall–Kier alpha value is -1.94. The molecule has 1 N–H and O–H groups in total. The summed E-state index contributed by atoms with van der Waals surface area (Å²) >= 11 is 0. The van der Waals surface area contributed by atoms with E-state index in [1.807, 2.05) is 44.2 Å². The Kier molecular flexibility index (Phi) is 5.14. The van der Waals surface area contributed by atoms with Crippen LogP contribution in [0.2, 0.25) is 0 Å². The van der Waals surface area contributed by atoms with Gasteiger partial charge in [0.05, 0.1) is 0 Å². The number of ether oxygens (including phenoxy) is 1. The molecule has 1 aliphatic rings. The predicted octanol–water partition coefficient (Wildman–Crippen LogP) is 2.63. The average molecular weight is 301 g/mol. The van der Waals surface area contributed by atoms with Crippen LogP contribution in [0.25, 0.3) is 0 Å². The first-order valence-corrected chi connectivity index (χ1v) is 7.49. The lowest BCUT2D eigenvalue weighted by Crippen LogP contribution is -2.39. The van der Waals surface area contributed by atoms with E-state index in [1.165, 1.54) is 7.11 Å². The molecule has 1 unspecified atom stereocenters. The van der Waals surface area contributed by atoms with E-state index >= 15 is 0 Å². The Labute approximate surface area is 131 Å². The van der Waals surface area contributed by atoms with Crippen molar-refractivity contribution in [3.8, 4) is 0 Å². The van der Waals surface area contributed by atoms with E-state index in [9.17, 15) is 9.59 Å². The van der Waals surface area contributed by atoms with Gasteiger partial charge in [0.1, 0.15) is 0 Å². The number of methoxy groups -OCH3 is 1. The molecule has 0 saturated carbocycles. The lowest BCUT2D eigenvalue weighted by molar-refractivity contribution is -0.129. The predicted molar refractivity (Wildman–Crippen MR) is 85.2 cm³/mol. The van der Waals surface area contributed by atoms with Gasteiger partial charge in [0.15, 0.2) is 11.9 Å². The van der Waals surface area contributed by atoms with Gasteiger partial charge in [0.25, 0.3) is 5.91 Å². The first kappa shape index (κ1) is 16.4. The normalized spacial score (nSPS) is 18.5. The number of carbonyl (C=O) groups excluding carboxylic acids is 2. The highest BCUT2D eigenvalue weighted by Crippen LogP contribution is 2.35. The highest BCUT2D eigenvalue weighted by molar-refractivity contribution is 5.94. The minimum absolute atomic E-state index is 0.0594. The molecule has 0 heterocycles. The summed E-state index contributed by atoms with van der Waals surface area (Å²) in [6.07, 6.45) is 2.07. The number of nitrogens with one attached hydrogen (secondary N) is 1. The Bertz CT molecular complexity index is 575. The van der Waals surface area contributed by atoms with Gasteiger partial charge in [-0.25, -0.2) is 0 Å². The van der Waals surface area contributed by atoms with Gasteiger partial charge in [-0.05, 0) is 29.0 Å². The Balaban J connectivity index is 2.04. The second-order valence-corrected chi connectivity index (χ2v) is 6.52. The minimum atomic E-state index is -0.702. The fourth-order valence-electron chi connectivity index (χ4n) is 2.87. The fourth-order valence-corrected chi connectivity index (χ4v) is 2.87. The van der Waals surface area contributed by atoms with Gasteiger partial charge in [-0.15, -0.1) is 0 Å². The van der Waals surface area contributed by atoms with Crippen LogP contribution in [0, 0.1) is 5.41 Å². The molecule has 0 aliphatic heterocycles.